The second kappa shape index (κ2) is 10.5. The third kappa shape index (κ3) is 5.51. The summed E-state index contributed by atoms with van der Waals surface area (Å²) in [5.41, 5.74) is 1.97. The smallest absolute Gasteiger partial charge is 0.252 e. The third-order valence-corrected chi connectivity index (χ3v) is 6.57. The maximum absolute atomic E-state index is 13.6. The fourth-order valence-corrected chi connectivity index (χ4v) is 4.54. The predicted octanol–water partition coefficient (Wildman–Crippen LogP) is 5.82. The lowest BCUT2D eigenvalue weighted by molar-refractivity contribution is -0.132. The quantitative estimate of drug-likeness (QED) is 0.487. The lowest BCUT2D eigenvalue weighted by Gasteiger charge is -2.36. The fraction of sp³-hybridized carbons (Fsp3) is 0.276. The normalized spacial score (nSPS) is 16.1. The molecule has 1 aliphatic carbocycles. The summed E-state index contributed by atoms with van der Waals surface area (Å²) in [6, 6.07) is 28.9. The van der Waals surface area contributed by atoms with Crippen LogP contribution in [0.3, 0.4) is 0 Å². The first-order chi connectivity index (χ1) is 16.1. The molecular weight excluding hydrogens is 408 g/mol. The summed E-state index contributed by atoms with van der Waals surface area (Å²) < 4.78 is 0. The van der Waals surface area contributed by atoms with E-state index < -0.39 is 11.5 Å². The Labute approximate surface area is 196 Å². The van der Waals surface area contributed by atoms with E-state index in [0.29, 0.717) is 11.6 Å². The van der Waals surface area contributed by atoms with Gasteiger partial charge in [-0.25, -0.2) is 0 Å². The minimum absolute atomic E-state index is 0.0402. The third-order valence-electron chi connectivity index (χ3n) is 6.57. The van der Waals surface area contributed by atoms with Gasteiger partial charge in [-0.15, -0.1) is 0 Å². The summed E-state index contributed by atoms with van der Waals surface area (Å²) >= 11 is 0. The van der Waals surface area contributed by atoms with E-state index in [1.165, 1.54) is 6.42 Å². The van der Waals surface area contributed by atoms with Crippen molar-refractivity contribution in [2.24, 2.45) is 5.41 Å². The highest BCUT2D eigenvalue weighted by Gasteiger charge is 2.38. The molecule has 1 saturated carbocycles. The van der Waals surface area contributed by atoms with Crippen LogP contribution < -0.4 is 10.6 Å². The molecule has 0 bridgehead atoms. The Morgan fingerprint density at radius 1 is 0.727 bits per heavy atom. The zero-order valence-corrected chi connectivity index (χ0v) is 19.1. The van der Waals surface area contributed by atoms with E-state index in [0.717, 1.165) is 36.8 Å². The number of amides is 2. The van der Waals surface area contributed by atoms with E-state index in [9.17, 15) is 9.59 Å². The molecule has 1 aliphatic rings. The van der Waals surface area contributed by atoms with Crippen LogP contribution in [0.4, 0.5) is 0 Å². The Balaban J connectivity index is 1.70. The zero-order chi connectivity index (χ0) is 23.1. The predicted molar refractivity (Wildman–Crippen MR) is 131 cm³/mol. The van der Waals surface area contributed by atoms with E-state index in [2.05, 4.69) is 17.6 Å². The highest BCUT2D eigenvalue weighted by atomic mass is 16.2. The number of carbonyl (C=O) groups is 2. The molecule has 4 heteroatoms. The van der Waals surface area contributed by atoms with E-state index in [-0.39, 0.29) is 11.8 Å². The van der Waals surface area contributed by atoms with Gasteiger partial charge in [0.1, 0.15) is 6.04 Å². The van der Waals surface area contributed by atoms with Crippen LogP contribution in [-0.2, 0) is 4.79 Å². The van der Waals surface area contributed by atoms with Gasteiger partial charge in [0, 0.05) is 11.0 Å². The second-order valence-electron chi connectivity index (χ2n) is 9.04. The molecule has 0 aromatic heterocycles. The molecule has 1 atom stereocenters. The number of nitrogens with one attached hydrogen (secondary N) is 2. The number of rotatable bonds is 7. The molecule has 1 fully saturated rings. The van der Waals surface area contributed by atoms with Crippen LogP contribution in [0.2, 0.25) is 0 Å². The number of hydrogen-bond acceptors (Lipinski definition) is 2. The van der Waals surface area contributed by atoms with Gasteiger partial charge in [0.2, 0.25) is 5.91 Å². The largest absolute Gasteiger partial charge is 0.346 e. The first-order valence-electron chi connectivity index (χ1n) is 11.7. The van der Waals surface area contributed by atoms with E-state index in [4.69, 9.17) is 0 Å². The minimum Gasteiger partial charge on any atom is -0.346 e. The van der Waals surface area contributed by atoms with Gasteiger partial charge in [-0.1, -0.05) is 105 Å². The van der Waals surface area contributed by atoms with Crippen LogP contribution in [0.25, 0.3) is 0 Å². The van der Waals surface area contributed by atoms with Gasteiger partial charge < -0.3 is 10.6 Å². The Morgan fingerprint density at radius 3 is 1.82 bits per heavy atom. The Morgan fingerprint density at radius 2 is 1.24 bits per heavy atom. The first-order valence-corrected chi connectivity index (χ1v) is 11.7. The monoisotopic (exact) mass is 439 g/mol. The molecule has 4 nitrogen and oxygen atoms in total. The number of carbonyl (C=O) groups excluding carboxylic acids is 2. The van der Waals surface area contributed by atoms with Gasteiger partial charge in [-0.2, -0.15) is 0 Å². The highest BCUT2D eigenvalue weighted by molar-refractivity contribution is 5.95. The minimum atomic E-state index is -0.479. The average Bonchev–Trinajstić information content (AvgIpc) is 2.88. The fourth-order valence-electron chi connectivity index (χ4n) is 4.54. The molecule has 1 unspecified atom stereocenters. The molecule has 33 heavy (non-hydrogen) atoms. The van der Waals surface area contributed by atoms with E-state index in [1.54, 1.807) is 12.1 Å². The van der Waals surface area contributed by atoms with Gasteiger partial charge >= 0.3 is 0 Å². The van der Waals surface area contributed by atoms with Gasteiger partial charge in [0.25, 0.3) is 5.91 Å². The Bertz CT molecular complexity index is 1040. The lowest BCUT2D eigenvalue weighted by atomic mass is 9.74. The van der Waals surface area contributed by atoms with Crippen LogP contribution in [0.1, 0.15) is 66.6 Å². The summed E-state index contributed by atoms with van der Waals surface area (Å²) in [4.78, 5) is 26.7. The average molecular weight is 440 g/mol. The van der Waals surface area contributed by atoms with Gasteiger partial charge in [-0.3, -0.25) is 9.59 Å². The molecule has 3 aromatic carbocycles. The second-order valence-corrected chi connectivity index (χ2v) is 9.04. The molecule has 3 aromatic rings. The highest BCUT2D eigenvalue weighted by Crippen LogP contribution is 2.38. The van der Waals surface area contributed by atoms with Crippen molar-refractivity contribution in [3.8, 4) is 0 Å². The van der Waals surface area contributed by atoms with Crippen molar-refractivity contribution >= 4 is 11.8 Å². The molecule has 2 amide bonds. The standard InChI is InChI=1S/C29H31N2O2/c1-29(20-12-5-13-21-29)28(33)31-26(23-16-8-3-9-17-23)25(22-14-6-2-7-15-22)30-27(32)24-18-10-4-11-19-24/h2-4,6-11,14-19,26H,5,12-13,20-21H2,1H3,(H,30,32)(H,31,33). The summed E-state index contributed by atoms with van der Waals surface area (Å²) in [5.74, 6) is -0.160. The molecule has 1 radical (unpaired) electrons. The van der Waals surface area contributed by atoms with Crippen LogP contribution in [0.5, 0.6) is 0 Å². The van der Waals surface area contributed by atoms with Crippen molar-refractivity contribution in [3.05, 3.63) is 114 Å². The van der Waals surface area contributed by atoms with Gasteiger partial charge in [0.05, 0.1) is 6.04 Å². The van der Waals surface area contributed by atoms with Crippen molar-refractivity contribution in [1.82, 2.24) is 10.6 Å². The summed E-state index contributed by atoms with van der Waals surface area (Å²) in [6.45, 7) is 2.06. The summed E-state index contributed by atoms with van der Waals surface area (Å²) in [7, 11) is 0. The molecule has 0 spiro atoms. The van der Waals surface area contributed by atoms with E-state index in [1.807, 2.05) is 78.9 Å². The molecule has 4 rings (SSSR count). The van der Waals surface area contributed by atoms with Crippen molar-refractivity contribution in [2.45, 2.75) is 45.1 Å². The SMILES string of the molecule is CC1(C(=O)NC([C](NC(=O)c2ccccc2)c2ccccc2)c2ccccc2)CCCCC1. The van der Waals surface area contributed by atoms with Crippen molar-refractivity contribution < 1.29 is 9.59 Å². The zero-order valence-electron chi connectivity index (χ0n) is 19.1. The topological polar surface area (TPSA) is 58.2 Å². The lowest BCUT2D eigenvalue weighted by Crippen LogP contribution is -2.46. The van der Waals surface area contributed by atoms with Crippen LogP contribution >= 0.6 is 0 Å². The number of benzene rings is 3. The molecule has 2 N–H and O–H groups in total. The molecule has 0 saturated heterocycles. The first kappa shape index (κ1) is 22.8. The summed E-state index contributed by atoms with van der Waals surface area (Å²) in [6.07, 6.45) is 5.09. The molecular formula is C29H31N2O2. The molecule has 0 heterocycles. The van der Waals surface area contributed by atoms with Crippen LogP contribution in [0, 0.1) is 11.5 Å². The van der Waals surface area contributed by atoms with Crippen LogP contribution in [0.15, 0.2) is 91.0 Å². The molecule has 0 aliphatic heterocycles. The maximum atomic E-state index is 13.6. The van der Waals surface area contributed by atoms with Crippen LogP contribution in [-0.4, -0.2) is 11.8 Å². The Hall–Kier alpha value is -3.40. The number of hydrogen-bond donors (Lipinski definition) is 2. The van der Waals surface area contributed by atoms with Crippen molar-refractivity contribution in [1.29, 1.82) is 0 Å². The maximum Gasteiger partial charge on any atom is 0.252 e. The summed E-state index contributed by atoms with van der Waals surface area (Å²) in [5, 5.41) is 6.44. The van der Waals surface area contributed by atoms with Crippen molar-refractivity contribution in [3.63, 3.8) is 0 Å². The van der Waals surface area contributed by atoms with Crippen molar-refractivity contribution in [2.75, 3.05) is 0 Å². The van der Waals surface area contributed by atoms with Gasteiger partial charge in [0.15, 0.2) is 0 Å². The molecule has 169 valence electrons. The van der Waals surface area contributed by atoms with Gasteiger partial charge in [-0.05, 0) is 36.1 Å². The Kier molecular flexibility index (Phi) is 7.23. The van der Waals surface area contributed by atoms with E-state index >= 15 is 0 Å².